The van der Waals surface area contributed by atoms with Gasteiger partial charge in [0.2, 0.25) is 0 Å². The molecule has 0 aliphatic carbocycles. The lowest BCUT2D eigenvalue weighted by atomic mass is 9.71. The Hall–Kier alpha value is -1.60. The average Bonchev–Trinajstić information content (AvgIpc) is 2.84. The van der Waals surface area contributed by atoms with Crippen LogP contribution in [0.25, 0.3) is 0 Å². The average molecular weight is 772 g/mol. The van der Waals surface area contributed by atoms with Crippen molar-refractivity contribution in [3.8, 4) is 17.2 Å². The molecular weight excluding hydrogens is 734 g/mol. The van der Waals surface area contributed by atoms with Crippen LogP contribution in [0.2, 0.25) is 0 Å². The van der Waals surface area contributed by atoms with Crippen molar-refractivity contribution in [2.24, 2.45) is 5.41 Å². The highest BCUT2D eigenvalue weighted by Gasteiger charge is 2.29. The van der Waals surface area contributed by atoms with Gasteiger partial charge in [-0.2, -0.15) is 0 Å². The maximum atomic E-state index is 11.3. The van der Waals surface area contributed by atoms with Gasteiger partial charge >= 0.3 is 0 Å². The van der Waals surface area contributed by atoms with Gasteiger partial charge in [0.25, 0.3) is 0 Å². The summed E-state index contributed by atoms with van der Waals surface area (Å²) >= 11 is 4.43. The van der Waals surface area contributed by atoms with Gasteiger partial charge in [0.1, 0.15) is 17.2 Å². The highest BCUT2D eigenvalue weighted by atomic mass is 127. The minimum absolute atomic E-state index is 0.114. The van der Waals surface area contributed by atoms with Crippen LogP contribution in [-0.2, 0) is 59.3 Å². The summed E-state index contributed by atoms with van der Waals surface area (Å²) in [5, 5.41) is 33.2. The van der Waals surface area contributed by atoms with Crippen LogP contribution in [0, 0.1) is 12.6 Å². The maximum Gasteiger partial charge on any atom is 0.126 e. The van der Waals surface area contributed by atoms with E-state index in [0.29, 0.717) is 33.4 Å². The number of ether oxygens (including phenoxy) is 3. The van der Waals surface area contributed by atoms with Crippen molar-refractivity contribution in [3.63, 3.8) is 0 Å². The van der Waals surface area contributed by atoms with E-state index < -0.39 is 0 Å². The number of phenols is 3. The molecule has 8 heteroatoms. The van der Waals surface area contributed by atoms with Gasteiger partial charge in [-0.25, -0.2) is 0 Å². The molecule has 6 bridgehead atoms. The molecule has 1 aliphatic heterocycles. The number of hydrogen-bond acceptors (Lipinski definition) is 6. The molecule has 0 fully saturated rings. The molecule has 1 heterocycles. The van der Waals surface area contributed by atoms with Gasteiger partial charge in [0.15, 0.2) is 0 Å². The first-order chi connectivity index (χ1) is 18.7. The Morgan fingerprint density at radius 2 is 0.825 bits per heavy atom. The lowest BCUT2D eigenvalue weighted by Crippen LogP contribution is -2.25. The molecule has 0 atom stereocenters. The second-order valence-electron chi connectivity index (χ2n) is 12.4. The number of rotatable bonds is 2. The smallest absolute Gasteiger partial charge is 0.126 e. The molecule has 1 aliphatic rings. The molecular formula is C32H38I2O6. The van der Waals surface area contributed by atoms with E-state index in [2.05, 4.69) is 79.8 Å². The predicted molar refractivity (Wildman–Crippen MR) is 172 cm³/mol. The molecule has 216 valence electrons. The Labute approximate surface area is 264 Å². The summed E-state index contributed by atoms with van der Waals surface area (Å²) in [6, 6.07) is 11.6. The molecule has 40 heavy (non-hydrogen) atoms. The molecule has 6 nitrogen and oxygen atoms in total. The van der Waals surface area contributed by atoms with Crippen LogP contribution in [-0.4, -0.2) is 15.3 Å². The van der Waals surface area contributed by atoms with E-state index >= 15 is 0 Å². The van der Waals surface area contributed by atoms with E-state index in [-0.39, 0.29) is 67.7 Å². The van der Waals surface area contributed by atoms with Crippen molar-refractivity contribution in [2.45, 2.75) is 86.1 Å². The molecule has 0 aromatic heterocycles. The lowest BCUT2D eigenvalue weighted by Gasteiger charge is -2.34. The Balaban J connectivity index is 1.76. The summed E-state index contributed by atoms with van der Waals surface area (Å²) in [5.41, 5.74) is 5.01. The predicted octanol–water partition coefficient (Wildman–Crippen LogP) is 8.19. The van der Waals surface area contributed by atoms with Crippen molar-refractivity contribution in [2.75, 3.05) is 0 Å². The summed E-state index contributed by atoms with van der Waals surface area (Å²) < 4.78 is 20.0. The summed E-state index contributed by atoms with van der Waals surface area (Å²) in [6.45, 7) is 12.2. The number of aromatic hydroxyl groups is 3. The van der Waals surface area contributed by atoms with Gasteiger partial charge in [-0.15, -0.1) is 0 Å². The van der Waals surface area contributed by atoms with Crippen LogP contribution in [0.5, 0.6) is 17.2 Å². The standard InChI is InChI=1S/C32H38I2O6/c1-31(2,3)18-32(4,5)25-6-19-12-38-14-21-8-26(33)10-23(29(21)36)16-40-17-24-11-27(34)9-22(30(24)37)15-39-13-20(7-25)28(19)35/h6-11,35-37H,12-18H2,1-5H3. The Bertz CT molecular complexity index is 1290. The van der Waals surface area contributed by atoms with Crippen molar-refractivity contribution >= 4 is 45.2 Å². The third-order valence-corrected chi connectivity index (χ3v) is 8.28. The lowest BCUT2D eigenvalue weighted by molar-refractivity contribution is 0.0929. The van der Waals surface area contributed by atoms with Crippen molar-refractivity contribution < 1.29 is 29.5 Å². The van der Waals surface area contributed by atoms with Gasteiger partial charge in [0, 0.05) is 40.5 Å². The molecule has 3 aromatic rings. The summed E-state index contributed by atoms with van der Waals surface area (Å²) in [5.74, 6) is 0.407. The third kappa shape index (κ3) is 7.81. The quantitative estimate of drug-likeness (QED) is 0.228. The summed E-state index contributed by atoms with van der Waals surface area (Å²) in [4.78, 5) is 0. The van der Waals surface area contributed by atoms with Crippen LogP contribution in [0.15, 0.2) is 36.4 Å². The number of phenolic OH excluding ortho intramolecular Hbond substituents is 3. The molecule has 0 amide bonds. The highest BCUT2D eigenvalue weighted by molar-refractivity contribution is 14.1. The van der Waals surface area contributed by atoms with Crippen LogP contribution in [0.4, 0.5) is 0 Å². The number of hydrogen-bond donors (Lipinski definition) is 3. The first-order valence-electron chi connectivity index (χ1n) is 13.3. The first-order valence-corrected chi connectivity index (χ1v) is 15.5. The first kappa shape index (κ1) is 31.3. The van der Waals surface area contributed by atoms with Crippen LogP contribution in [0.1, 0.15) is 80.0 Å². The Morgan fingerprint density at radius 1 is 0.550 bits per heavy atom. The van der Waals surface area contributed by atoms with Crippen molar-refractivity contribution in [1.29, 1.82) is 0 Å². The molecule has 3 aromatic carbocycles. The topological polar surface area (TPSA) is 88.4 Å². The zero-order valence-electron chi connectivity index (χ0n) is 23.7. The van der Waals surface area contributed by atoms with E-state index in [1.807, 2.05) is 36.4 Å². The van der Waals surface area contributed by atoms with Crippen LogP contribution >= 0.6 is 45.2 Å². The summed E-state index contributed by atoms with van der Waals surface area (Å²) in [6.07, 6.45) is 0.950. The number of halogens is 2. The normalized spacial score (nSPS) is 15.4. The van der Waals surface area contributed by atoms with E-state index in [9.17, 15) is 15.3 Å². The largest absolute Gasteiger partial charge is 0.507 e. The Kier molecular flexibility index (Phi) is 9.97. The second-order valence-corrected chi connectivity index (χ2v) is 14.9. The Morgan fingerprint density at radius 3 is 1.10 bits per heavy atom. The van der Waals surface area contributed by atoms with Gasteiger partial charge < -0.3 is 29.5 Å². The van der Waals surface area contributed by atoms with E-state index in [0.717, 1.165) is 19.1 Å². The van der Waals surface area contributed by atoms with Gasteiger partial charge in [-0.05, 0) is 104 Å². The van der Waals surface area contributed by atoms with Gasteiger partial charge in [-0.3, -0.25) is 0 Å². The molecule has 0 radical (unpaired) electrons. The monoisotopic (exact) mass is 772 g/mol. The molecule has 4 rings (SSSR count). The second kappa shape index (κ2) is 12.7. The molecule has 0 spiro atoms. The van der Waals surface area contributed by atoms with Gasteiger partial charge in [0.05, 0.1) is 39.6 Å². The molecule has 0 unspecified atom stereocenters. The molecule has 3 N–H and O–H groups in total. The van der Waals surface area contributed by atoms with E-state index in [4.69, 9.17) is 14.2 Å². The van der Waals surface area contributed by atoms with Crippen molar-refractivity contribution in [3.05, 3.63) is 82.5 Å². The minimum atomic E-state index is -0.155. The highest BCUT2D eigenvalue weighted by Crippen LogP contribution is 2.40. The van der Waals surface area contributed by atoms with Crippen molar-refractivity contribution in [1.82, 2.24) is 0 Å². The molecule has 0 saturated carbocycles. The van der Waals surface area contributed by atoms with Crippen LogP contribution < -0.4 is 0 Å². The fraction of sp³-hybridized carbons (Fsp3) is 0.438. The summed E-state index contributed by atoms with van der Waals surface area (Å²) in [7, 11) is 0. The van der Waals surface area contributed by atoms with E-state index in [1.165, 1.54) is 0 Å². The number of benzene rings is 3. The maximum absolute atomic E-state index is 11.3. The van der Waals surface area contributed by atoms with Crippen LogP contribution in [0.3, 0.4) is 0 Å². The van der Waals surface area contributed by atoms with E-state index in [1.54, 1.807) is 0 Å². The number of fused-ring (bicyclic) bond motifs is 6. The zero-order valence-corrected chi connectivity index (χ0v) is 28.1. The fourth-order valence-corrected chi connectivity index (χ4v) is 6.99. The zero-order chi connectivity index (χ0) is 29.2. The minimum Gasteiger partial charge on any atom is -0.507 e. The van der Waals surface area contributed by atoms with Gasteiger partial charge in [-0.1, -0.05) is 34.6 Å². The third-order valence-electron chi connectivity index (χ3n) is 7.03. The fourth-order valence-electron chi connectivity index (χ4n) is 5.49. The SMILES string of the molecule is CC(C)(C)CC(C)(C)c1cc2c(O)c(c1)COCc1cc(I)cc(c1O)COCc1cc(I)cc(c1O)COC2. The molecule has 0 saturated heterocycles.